The van der Waals surface area contributed by atoms with Crippen molar-refractivity contribution in [3.63, 3.8) is 0 Å². The number of nitrogens with zero attached hydrogens (tertiary/aromatic N) is 1. The second-order valence-electron chi connectivity index (χ2n) is 6.85. The fraction of sp³-hybridized carbons (Fsp3) is 0.227. The van der Waals surface area contributed by atoms with E-state index in [1.54, 1.807) is 19.1 Å². The smallest absolute Gasteiger partial charge is 0.264 e. The topological polar surface area (TPSA) is 80.3 Å². The molecule has 1 atom stereocenters. The molecule has 7 heteroatoms. The molecule has 0 bridgehead atoms. The van der Waals surface area contributed by atoms with Crippen LogP contribution in [-0.2, 0) is 11.2 Å². The first-order valence-corrected chi connectivity index (χ1v) is 10.3. The Morgan fingerprint density at radius 2 is 1.90 bits per heavy atom. The minimum atomic E-state index is -0.320. The van der Waals surface area contributed by atoms with Gasteiger partial charge in [0, 0.05) is 0 Å². The summed E-state index contributed by atoms with van der Waals surface area (Å²) in [6.07, 6.45) is 1.86. The molecule has 3 aromatic rings. The minimum absolute atomic E-state index is 0.0116. The number of benzene rings is 2. The van der Waals surface area contributed by atoms with E-state index in [2.05, 4.69) is 27.8 Å². The Morgan fingerprint density at radius 3 is 2.72 bits per heavy atom. The van der Waals surface area contributed by atoms with Crippen LogP contribution < -0.4 is 15.4 Å². The van der Waals surface area contributed by atoms with Crippen LogP contribution in [0.15, 0.2) is 54.6 Å². The number of hydrogen-bond donors (Lipinski definition) is 2. The van der Waals surface area contributed by atoms with Gasteiger partial charge in [-0.15, -0.1) is 0 Å². The Labute approximate surface area is 172 Å². The number of anilines is 1. The Balaban J connectivity index is 1.36. The molecule has 29 heavy (non-hydrogen) atoms. The highest BCUT2D eigenvalue weighted by Crippen LogP contribution is 2.32. The van der Waals surface area contributed by atoms with E-state index in [1.807, 2.05) is 30.3 Å². The number of carbonyl (C=O) groups excluding carboxylic acids is 2. The van der Waals surface area contributed by atoms with Crippen LogP contribution in [0.25, 0.3) is 0 Å². The standard InChI is InChI=1S/C22H21N3O3S/c1-14-20(21(27)24-18-12-11-15-7-5-6-10-17(15)18)29-22(23-14)25-19(26)13-28-16-8-3-2-4-9-16/h2-10,18H,11-13H2,1H3,(H,24,27)(H,23,25,26). The van der Waals surface area contributed by atoms with Crippen LogP contribution in [0.5, 0.6) is 5.75 Å². The molecule has 0 saturated carbocycles. The number of fused-ring (bicyclic) bond motifs is 1. The SMILES string of the molecule is Cc1nc(NC(=O)COc2ccccc2)sc1C(=O)NC1CCc2ccccc21. The molecular formula is C22H21N3O3S. The van der Waals surface area contributed by atoms with Gasteiger partial charge in [0.25, 0.3) is 11.8 Å². The van der Waals surface area contributed by atoms with E-state index in [1.165, 1.54) is 22.5 Å². The third kappa shape index (κ3) is 4.46. The number of thiazole rings is 1. The second kappa shape index (κ2) is 8.45. The maximum Gasteiger partial charge on any atom is 0.264 e. The van der Waals surface area contributed by atoms with Crippen LogP contribution in [-0.4, -0.2) is 23.4 Å². The van der Waals surface area contributed by atoms with Gasteiger partial charge >= 0.3 is 0 Å². The average Bonchev–Trinajstić information content (AvgIpc) is 3.30. The van der Waals surface area contributed by atoms with E-state index in [9.17, 15) is 9.59 Å². The summed E-state index contributed by atoms with van der Waals surface area (Å²) in [7, 11) is 0. The molecule has 2 N–H and O–H groups in total. The van der Waals surface area contributed by atoms with E-state index in [4.69, 9.17) is 4.74 Å². The maximum atomic E-state index is 12.8. The highest BCUT2D eigenvalue weighted by atomic mass is 32.1. The molecule has 1 aliphatic rings. The van der Waals surface area contributed by atoms with Crippen LogP contribution in [0.2, 0.25) is 0 Å². The number of hydrogen-bond acceptors (Lipinski definition) is 5. The zero-order valence-electron chi connectivity index (χ0n) is 16.0. The number of amides is 2. The van der Waals surface area contributed by atoms with Crippen molar-refractivity contribution in [1.82, 2.24) is 10.3 Å². The van der Waals surface area contributed by atoms with E-state index in [-0.39, 0.29) is 24.5 Å². The Kier molecular flexibility index (Phi) is 5.57. The normalized spacial score (nSPS) is 14.9. The Bertz CT molecular complexity index is 1030. The van der Waals surface area contributed by atoms with Gasteiger partial charge in [-0.1, -0.05) is 53.8 Å². The maximum absolute atomic E-state index is 12.8. The average molecular weight is 407 g/mol. The lowest BCUT2D eigenvalue weighted by atomic mass is 10.1. The van der Waals surface area contributed by atoms with Gasteiger partial charge in [-0.3, -0.25) is 14.9 Å². The summed E-state index contributed by atoms with van der Waals surface area (Å²) in [4.78, 5) is 29.7. The summed E-state index contributed by atoms with van der Waals surface area (Å²) < 4.78 is 5.43. The highest BCUT2D eigenvalue weighted by molar-refractivity contribution is 7.17. The van der Waals surface area contributed by atoms with Crippen molar-refractivity contribution in [3.8, 4) is 5.75 Å². The Hall–Kier alpha value is -3.19. The van der Waals surface area contributed by atoms with E-state index in [0.717, 1.165) is 12.8 Å². The van der Waals surface area contributed by atoms with Crippen LogP contribution >= 0.6 is 11.3 Å². The van der Waals surface area contributed by atoms with Gasteiger partial charge in [0.15, 0.2) is 11.7 Å². The number of nitrogens with one attached hydrogen (secondary N) is 2. The van der Waals surface area contributed by atoms with Crippen molar-refractivity contribution in [1.29, 1.82) is 0 Å². The molecule has 6 nitrogen and oxygen atoms in total. The lowest BCUT2D eigenvalue weighted by Crippen LogP contribution is -2.26. The summed E-state index contributed by atoms with van der Waals surface area (Å²) >= 11 is 1.17. The molecule has 2 amide bonds. The molecule has 2 aromatic carbocycles. The third-order valence-corrected chi connectivity index (χ3v) is 5.87. The van der Waals surface area contributed by atoms with Gasteiger partial charge in [0.1, 0.15) is 10.6 Å². The second-order valence-corrected chi connectivity index (χ2v) is 7.85. The largest absolute Gasteiger partial charge is 0.484 e. The van der Waals surface area contributed by atoms with Gasteiger partial charge < -0.3 is 10.1 Å². The van der Waals surface area contributed by atoms with Crippen molar-refractivity contribution in [2.45, 2.75) is 25.8 Å². The zero-order chi connectivity index (χ0) is 20.2. The lowest BCUT2D eigenvalue weighted by Gasteiger charge is -2.13. The third-order valence-electron chi connectivity index (χ3n) is 4.80. The molecular weight excluding hydrogens is 386 g/mol. The number of aryl methyl sites for hydroxylation is 2. The lowest BCUT2D eigenvalue weighted by molar-refractivity contribution is -0.118. The fourth-order valence-corrected chi connectivity index (χ4v) is 4.30. The van der Waals surface area contributed by atoms with Crippen molar-refractivity contribution in [2.75, 3.05) is 11.9 Å². The van der Waals surface area contributed by atoms with Crippen LogP contribution in [0, 0.1) is 6.92 Å². The summed E-state index contributed by atoms with van der Waals surface area (Å²) in [6.45, 7) is 1.65. The van der Waals surface area contributed by atoms with E-state index < -0.39 is 0 Å². The van der Waals surface area contributed by atoms with Crippen molar-refractivity contribution in [2.24, 2.45) is 0 Å². The summed E-state index contributed by atoms with van der Waals surface area (Å²) in [6, 6.07) is 17.3. The molecule has 0 aliphatic heterocycles. The summed E-state index contributed by atoms with van der Waals surface area (Å²) in [5.74, 6) is 0.136. The molecule has 1 aliphatic carbocycles. The van der Waals surface area contributed by atoms with Crippen molar-refractivity contribution < 1.29 is 14.3 Å². The van der Waals surface area contributed by atoms with Gasteiger partial charge in [0.2, 0.25) is 0 Å². The van der Waals surface area contributed by atoms with Crippen molar-refractivity contribution >= 4 is 28.3 Å². The summed E-state index contributed by atoms with van der Waals surface area (Å²) in [5.41, 5.74) is 3.05. The van der Waals surface area contributed by atoms with E-state index >= 15 is 0 Å². The molecule has 0 fully saturated rings. The molecule has 1 unspecified atom stereocenters. The van der Waals surface area contributed by atoms with Gasteiger partial charge in [-0.05, 0) is 43.0 Å². The number of rotatable bonds is 6. The highest BCUT2D eigenvalue weighted by Gasteiger charge is 2.25. The Morgan fingerprint density at radius 1 is 1.14 bits per heavy atom. The first-order chi connectivity index (χ1) is 14.1. The number of carbonyl (C=O) groups is 2. The monoisotopic (exact) mass is 407 g/mol. The molecule has 0 saturated heterocycles. The first-order valence-electron chi connectivity index (χ1n) is 9.44. The quantitative estimate of drug-likeness (QED) is 0.650. The molecule has 1 heterocycles. The van der Waals surface area contributed by atoms with Gasteiger partial charge in [-0.2, -0.15) is 0 Å². The zero-order valence-corrected chi connectivity index (χ0v) is 16.8. The fourth-order valence-electron chi connectivity index (χ4n) is 3.41. The van der Waals surface area contributed by atoms with Crippen LogP contribution in [0.4, 0.5) is 5.13 Å². The van der Waals surface area contributed by atoms with Crippen LogP contribution in [0.1, 0.15) is 39.0 Å². The number of ether oxygens (including phenoxy) is 1. The number of para-hydroxylation sites is 1. The first kappa shape index (κ1) is 19.1. The predicted molar refractivity (Wildman–Crippen MR) is 112 cm³/mol. The van der Waals surface area contributed by atoms with Gasteiger partial charge in [-0.25, -0.2) is 4.98 Å². The number of aromatic nitrogens is 1. The van der Waals surface area contributed by atoms with Gasteiger partial charge in [0.05, 0.1) is 11.7 Å². The molecule has 0 radical (unpaired) electrons. The van der Waals surface area contributed by atoms with Crippen molar-refractivity contribution in [3.05, 3.63) is 76.3 Å². The predicted octanol–water partition coefficient (Wildman–Crippen LogP) is 3.89. The minimum Gasteiger partial charge on any atom is -0.484 e. The molecule has 1 aromatic heterocycles. The van der Waals surface area contributed by atoms with Crippen LogP contribution in [0.3, 0.4) is 0 Å². The van der Waals surface area contributed by atoms with E-state index in [0.29, 0.717) is 21.5 Å². The molecule has 4 rings (SSSR count). The summed E-state index contributed by atoms with van der Waals surface area (Å²) in [5, 5.41) is 6.19. The molecule has 0 spiro atoms. The molecule has 148 valence electrons.